The van der Waals surface area contributed by atoms with Crippen LogP contribution in [0.3, 0.4) is 0 Å². The lowest BCUT2D eigenvalue weighted by molar-refractivity contribution is 0.0751. The summed E-state index contributed by atoms with van der Waals surface area (Å²) < 4.78 is 7.46. The lowest BCUT2D eigenvalue weighted by atomic mass is 9.99. The third-order valence-corrected chi connectivity index (χ3v) is 6.98. The lowest BCUT2D eigenvalue weighted by Gasteiger charge is -2.22. The number of carbonyl (C=O) groups excluding carboxylic acids is 1. The number of fused-ring (bicyclic) bond motifs is 4. The van der Waals surface area contributed by atoms with Crippen molar-refractivity contribution in [1.82, 2.24) is 19.3 Å². The molecule has 1 saturated heterocycles. The molecule has 8 nitrogen and oxygen atoms in total. The molecule has 0 bridgehead atoms. The van der Waals surface area contributed by atoms with Crippen LogP contribution in [0.1, 0.15) is 51.6 Å². The van der Waals surface area contributed by atoms with Crippen molar-refractivity contribution in [3.63, 3.8) is 0 Å². The van der Waals surface area contributed by atoms with Gasteiger partial charge in [-0.3, -0.25) is 14.0 Å². The number of aromatic nitrogens is 3. The Bertz CT molecular complexity index is 1480. The van der Waals surface area contributed by atoms with Crippen molar-refractivity contribution in [3.8, 4) is 0 Å². The molecule has 2 aliphatic rings. The van der Waals surface area contributed by atoms with E-state index in [-0.39, 0.29) is 17.4 Å². The molecule has 0 atom stereocenters. The van der Waals surface area contributed by atoms with Gasteiger partial charge in [-0.25, -0.2) is 4.98 Å². The van der Waals surface area contributed by atoms with E-state index < -0.39 is 0 Å². The maximum atomic E-state index is 13.5. The molecule has 0 unspecified atom stereocenters. The third-order valence-electron chi connectivity index (χ3n) is 6.98. The Morgan fingerprint density at radius 1 is 1.18 bits per heavy atom. The number of nitrogens with one attached hydrogen (secondary N) is 1. The number of amides is 1. The van der Waals surface area contributed by atoms with Crippen LogP contribution in [0, 0.1) is 6.92 Å². The van der Waals surface area contributed by atoms with Crippen molar-refractivity contribution in [2.24, 2.45) is 0 Å². The first kappa shape index (κ1) is 20.0. The van der Waals surface area contributed by atoms with Gasteiger partial charge in [0.05, 0.1) is 17.2 Å². The summed E-state index contributed by atoms with van der Waals surface area (Å²) in [6.45, 7) is 4.35. The topological polar surface area (TPSA) is 106 Å². The van der Waals surface area contributed by atoms with Crippen LogP contribution in [0.25, 0.3) is 16.6 Å². The van der Waals surface area contributed by atoms with Gasteiger partial charge >= 0.3 is 0 Å². The molecule has 4 aromatic rings. The molecule has 33 heavy (non-hydrogen) atoms. The van der Waals surface area contributed by atoms with Crippen LogP contribution >= 0.6 is 0 Å². The van der Waals surface area contributed by atoms with Crippen LogP contribution in [0.2, 0.25) is 0 Å². The van der Waals surface area contributed by atoms with Crippen molar-refractivity contribution in [2.45, 2.75) is 38.8 Å². The quantitative estimate of drug-likeness (QED) is 0.463. The Hall–Kier alpha value is -3.65. The zero-order valence-electron chi connectivity index (χ0n) is 18.4. The van der Waals surface area contributed by atoms with Crippen LogP contribution in [-0.4, -0.2) is 38.4 Å². The van der Waals surface area contributed by atoms with E-state index in [1.165, 1.54) is 0 Å². The number of nitrogen functional groups attached to an aromatic ring is 1. The standard InChI is InChI=1S/C25H25N5O3/c1-14-9-21-20(10-17(14)25(32)29-12-16-3-2-4-19(26)18(16)13-29)28-24(31)22-11-27-23(30(21)22)15-5-7-33-8-6-15/h2-4,9-11,15H,5-8,12-13,26H2,1H3,(H,28,31). The number of aryl methyl sites for hydroxylation is 1. The molecule has 0 spiro atoms. The number of hydrogen-bond acceptors (Lipinski definition) is 5. The third kappa shape index (κ3) is 3.13. The van der Waals surface area contributed by atoms with E-state index in [1.54, 1.807) is 17.2 Å². The number of carbonyl (C=O) groups is 1. The molecule has 2 aromatic heterocycles. The van der Waals surface area contributed by atoms with Crippen molar-refractivity contribution in [2.75, 3.05) is 18.9 Å². The molecular weight excluding hydrogens is 418 g/mol. The number of rotatable bonds is 2. The van der Waals surface area contributed by atoms with Crippen molar-refractivity contribution >= 4 is 28.1 Å². The summed E-state index contributed by atoms with van der Waals surface area (Å²) in [6.07, 6.45) is 3.40. The molecule has 0 radical (unpaired) electrons. The van der Waals surface area contributed by atoms with Crippen LogP contribution < -0.4 is 11.3 Å². The van der Waals surface area contributed by atoms with E-state index >= 15 is 0 Å². The first-order valence-electron chi connectivity index (χ1n) is 11.3. The first-order chi connectivity index (χ1) is 16.0. The van der Waals surface area contributed by atoms with Crippen LogP contribution in [0.15, 0.2) is 41.3 Å². The van der Waals surface area contributed by atoms with Gasteiger partial charge in [0.25, 0.3) is 11.5 Å². The molecule has 3 N–H and O–H groups in total. The van der Waals surface area contributed by atoms with Crippen molar-refractivity contribution in [3.05, 3.63) is 75.0 Å². The number of nitrogens with zero attached hydrogens (tertiary/aromatic N) is 3. The van der Waals surface area contributed by atoms with E-state index in [9.17, 15) is 9.59 Å². The van der Waals surface area contributed by atoms with E-state index in [2.05, 4.69) is 9.97 Å². The lowest BCUT2D eigenvalue weighted by Crippen LogP contribution is -2.26. The minimum absolute atomic E-state index is 0.0683. The molecular formula is C25H25N5O3. The molecule has 2 aromatic carbocycles. The number of anilines is 1. The van der Waals surface area contributed by atoms with Gasteiger partial charge < -0.3 is 20.4 Å². The van der Waals surface area contributed by atoms with E-state index in [4.69, 9.17) is 10.5 Å². The van der Waals surface area contributed by atoms with Gasteiger partial charge in [-0.1, -0.05) is 12.1 Å². The molecule has 4 heterocycles. The van der Waals surface area contributed by atoms with Crippen molar-refractivity contribution in [1.29, 1.82) is 0 Å². The molecule has 8 heteroatoms. The van der Waals surface area contributed by atoms with E-state index in [0.717, 1.165) is 40.9 Å². The molecule has 168 valence electrons. The summed E-state index contributed by atoms with van der Waals surface area (Å²) in [7, 11) is 0. The van der Waals surface area contributed by atoms with Gasteiger partial charge in [0, 0.05) is 43.5 Å². The highest BCUT2D eigenvalue weighted by atomic mass is 16.5. The Labute approximate surface area is 190 Å². The van der Waals surface area contributed by atoms with Gasteiger partial charge in [0.2, 0.25) is 0 Å². The summed E-state index contributed by atoms with van der Waals surface area (Å²) in [6, 6.07) is 9.57. The van der Waals surface area contributed by atoms with Crippen LogP contribution in [-0.2, 0) is 17.8 Å². The van der Waals surface area contributed by atoms with E-state index in [0.29, 0.717) is 48.6 Å². The van der Waals surface area contributed by atoms with Crippen LogP contribution in [0.4, 0.5) is 5.69 Å². The maximum Gasteiger partial charge on any atom is 0.274 e. The zero-order valence-corrected chi connectivity index (χ0v) is 18.4. The number of nitrogens with two attached hydrogens (primary N) is 1. The monoisotopic (exact) mass is 443 g/mol. The van der Waals surface area contributed by atoms with Gasteiger partial charge in [0.1, 0.15) is 11.3 Å². The highest BCUT2D eigenvalue weighted by molar-refractivity contribution is 5.99. The molecule has 2 aliphatic heterocycles. The molecule has 6 rings (SSSR count). The highest BCUT2D eigenvalue weighted by Crippen LogP contribution is 2.31. The number of imidazole rings is 1. The van der Waals surface area contributed by atoms with Gasteiger partial charge in [-0.15, -0.1) is 0 Å². The summed E-state index contributed by atoms with van der Waals surface area (Å²) in [4.78, 5) is 35.7. The fourth-order valence-corrected chi connectivity index (χ4v) is 5.18. The molecule has 0 aliphatic carbocycles. The summed E-state index contributed by atoms with van der Waals surface area (Å²) in [5, 5.41) is 0. The first-order valence-corrected chi connectivity index (χ1v) is 11.3. The Morgan fingerprint density at radius 2 is 2.00 bits per heavy atom. The summed E-state index contributed by atoms with van der Waals surface area (Å²) >= 11 is 0. The maximum absolute atomic E-state index is 13.5. The number of H-pyrrole nitrogens is 1. The second kappa shape index (κ2) is 7.45. The van der Waals surface area contributed by atoms with Gasteiger partial charge in [-0.05, 0) is 54.7 Å². The minimum Gasteiger partial charge on any atom is -0.398 e. The molecule has 0 saturated carbocycles. The van der Waals surface area contributed by atoms with Gasteiger partial charge in [0.15, 0.2) is 0 Å². The number of benzene rings is 2. The van der Waals surface area contributed by atoms with Crippen LogP contribution in [0.5, 0.6) is 0 Å². The summed E-state index contributed by atoms with van der Waals surface area (Å²) in [5.41, 5.74) is 12.2. The highest BCUT2D eigenvalue weighted by Gasteiger charge is 2.28. The second-order valence-corrected chi connectivity index (χ2v) is 9.01. The normalized spacial score (nSPS) is 16.6. The Kier molecular flexibility index (Phi) is 4.51. The van der Waals surface area contributed by atoms with E-state index in [1.807, 2.05) is 35.6 Å². The Morgan fingerprint density at radius 3 is 2.79 bits per heavy atom. The largest absolute Gasteiger partial charge is 0.398 e. The number of ether oxygens (including phenoxy) is 1. The van der Waals surface area contributed by atoms with Gasteiger partial charge in [-0.2, -0.15) is 0 Å². The molecule has 1 fully saturated rings. The predicted octanol–water partition coefficient (Wildman–Crippen LogP) is 3.12. The predicted molar refractivity (Wildman–Crippen MR) is 125 cm³/mol. The van der Waals surface area contributed by atoms with Crippen molar-refractivity contribution < 1.29 is 9.53 Å². The average molecular weight is 444 g/mol. The fraction of sp³-hybridized carbons (Fsp3) is 0.320. The Balaban J connectivity index is 1.44. The average Bonchev–Trinajstić information content (AvgIpc) is 3.46. The smallest absolute Gasteiger partial charge is 0.274 e. The number of aromatic amines is 1. The molecule has 1 amide bonds. The second-order valence-electron chi connectivity index (χ2n) is 9.01. The minimum atomic E-state index is -0.211. The SMILES string of the molecule is Cc1cc2c(cc1C(=O)N1Cc3cccc(N)c3C1)[nH]c(=O)c1cnc(C3CCOCC3)n12. The fourth-order valence-electron chi connectivity index (χ4n) is 5.18. The number of hydrogen-bond donors (Lipinski definition) is 2. The summed E-state index contributed by atoms with van der Waals surface area (Å²) in [5.74, 6) is 1.05. The zero-order chi connectivity index (χ0) is 22.7.